The SMILES string of the molecule is Cc1cccc(C(=O)NC2CCc3ccccc32)c1F. The average Bonchev–Trinajstić information content (AvgIpc) is 2.85. The van der Waals surface area contributed by atoms with Crippen LogP contribution in [0, 0.1) is 12.7 Å². The number of benzene rings is 2. The number of halogens is 1. The van der Waals surface area contributed by atoms with Crippen molar-refractivity contribution >= 4 is 5.91 Å². The van der Waals surface area contributed by atoms with Crippen molar-refractivity contribution in [3.05, 3.63) is 70.5 Å². The first-order valence-electron chi connectivity index (χ1n) is 6.80. The maximum atomic E-state index is 14.0. The smallest absolute Gasteiger partial charge is 0.254 e. The number of carbonyl (C=O) groups is 1. The molecular formula is C17H16FNO. The lowest BCUT2D eigenvalue weighted by Crippen LogP contribution is -2.28. The van der Waals surface area contributed by atoms with E-state index in [2.05, 4.69) is 11.4 Å². The van der Waals surface area contributed by atoms with Gasteiger partial charge < -0.3 is 5.32 Å². The second-order valence-corrected chi connectivity index (χ2v) is 5.20. The van der Waals surface area contributed by atoms with Crippen molar-refractivity contribution in [2.75, 3.05) is 0 Å². The predicted octanol–water partition coefficient (Wildman–Crippen LogP) is 3.55. The summed E-state index contributed by atoms with van der Waals surface area (Å²) in [5, 5.41) is 2.94. The highest BCUT2D eigenvalue weighted by Gasteiger charge is 2.24. The molecule has 0 saturated heterocycles. The fourth-order valence-electron chi connectivity index (χ4n) is 2.77. The first-order chi connectivity index (χ1) is 9.66. The highest BCUT2D eigenvalue weighted by molar-refractivity contribution is 5.95. The van der Waals surface area contributed by atoms with Crippen LogP contribution in [0.2, 0.25) is 0 Å². The molecule has 1 unspecified atom stereocenters. The summed E-state index contributed by atoms with van der Waals surface area (Å²) >= 11 is 0. The van der Waals surface area contributed by atoms with Gasteiger partial charge >= 0.3 is 0 Å². The summed E-state index contributed by atoms with van der Waals surface area (Å²) in [6.07, 6.45) is 1.83. The van der Waals surface area contributed by atoms with Gasteiger partial charge in [0, 0.05) is 0 Å². The molecule has 0 bridgehead atoms. The van der Waals surface area contributed by atoms with E-state index in [1.165, 1.54) is 11.6 Å². The number of carbonyl (C=O) groups excluding carboxylic acids is 1. The molecule has 1 amide bonds. The Morgan fingerprint density at radius 1 is 1.20 bits per heavy atom. The van der Waals surface area contributed by atoms with Gasteiger partial charge in [-0.2, -0.15) is 0 Å². The fourth-order valence-corrected chi connectivity index (χ4v) is 2.77. The van der Waals surface area contributed by atoms with E-state index in [1.807, 2.05) is 18.2 Å². The summed E-state index contributed by atoms with van der Waals surface area (Å²) in [7, 11) is 0. The lowest BCUT2D eigenvalue weighted by Gasteiger charge is -2.14. The zero-order valence-corrected chi connectivity index (χ0v) is 11.3. The summed E-state index contributed by atoms with van der Waals surface area (Å²) in [6, 6.07) is 13.0. The van der Waals surface area contributed by atoms with Crippen molar-refractivity contribution in [3.8, 4) is 0 Å². The van der Waals surface area contributed by atoms with Gasteiger partial charge in [0.25, 0.3) is 5.91 Å². The molecule has 102 valence electrons. The topological polar surface area (TPSA) is 29.1 Å². The third kappa shape index (κ3) is 2.20. The summed E-state index contributed by atoms with van der Waals surface area (Å²) in [5.41, 5.74) is 3.02. The maximum Gasteiger partial charge on any atom is 0.254 e. The van der Waals surface area contributed by atoms with E-state index in [0.29, 0.717) is 5.56 Å². The summed E-state index contributed by atoms with van der Waals surface area (Å²) in [6.45, 7) is 1.66. The number of amides is 1. The Morgan fingerprint density at radius 3 is 2.85 bits per heavy atom. The molecule has 0 aliphatic heterocycles. The van der Waals surface area contributed by atoms with E-state index < -0.39 is 5.82 Å². The van der Waals surface area contributed by atoms with E-state index in [0.717, 1.165) is 18.4 Å². The van der Waals surface area contributed by atoms with Gasteiger partial charge in [0.1, 0.15) is 5.82 Å². The third-order valence-electron chi connectivity index (χ3n) is 3.87. The molecule has 0 spiro atoms. The van der Waals surface area contributed by atoms with Gasteiger partial charge in [-0.15, -0.1) is 0 Å². The molecule has 1 aliphatic rings. The van der Waals surface area contributed by atoms with Crippen LogP contribution in [-0.2, 0) is 6.42 Å². The Labute approximate surface area is 117 Å². The molecule has 3 heteroatoms. The molecule has 0 radical (unpaired) electrons. The molecule has 2 nitrogen and oxygen atoms in total. The zero-order valence-electron chi connectivity index (χ0n) is 11.3. The number of nitrogens with one attached hydrogen (secondary N) is 1. The van der Waals surface area contributed by atoms with Crippen LogP contribution in [0.25, 0.3) is 0 Å². The molecule has 0 saturated carbocycles. The molecule has 1 atom stereocenters. The molecule has 2 aromatic rings. The van der Waals surface area contributed by atoms with Gasteiger partial charge in [-0.1, -0.05) is 36.4 Å². The number of hydrogen-bond acceptors (Lipinski definition) is 1. The van der Waals surface area contributed by atoms with Gasteiger partial charge in [-0.25, -0.2) is 4.39 Å². The van der Waals surface area contributed by atoms with Crippen LogP contribution in [0.1, 0.15) is 39.5 Å². The Bertz CT molecular complexity index is 666. The molecular weight excluding hydrogens is 253 g/mol. The van der Waals surface area contributed by atoms with Crippen LogP contribution >= 0.6 is 0 Å². The minimum atomic E-state index is -0.434. The summed E-state index contributed by atoms with van der Waals surface area (Å²) < 4.78 is 14.0. The van der Waals surface area contributed by atoms with Crippen LogP contribution in [0.15, 0.2) is 42.5 Å². The number of fused-ring (bicyclic) bond motifs is 1. The predicted molar refractivity (Wildman–Crippen MR) is 76.1 cm³/mol. The van der Waals surface area contributed by atoms with E-state index in [4.69, 9.17) is 0 Å². The van der Waals surface area contributed by atoms with Gasteiger partial charge in [-0.3, -0.25) is 4.79 Å². The fraction of sp³-hybridized carbons (Fsp3) is 0.235. The number of aryl methyl sites for hydroxylation is 2. The molecule has 0 fully saturated rings. The first kappa shape index (κ1) is 12.9. The molecule has 0 aromatic heterocycles. The Morgan fingerprint density at radius 2 is 2.00 bits per heavy atom. The second kappa shape index (κ2) is 5.08. The largest absolute Gasteiger partial charge is 0.345 e. The highest BCUT2D eigenvalue weighted by atomic mass is 19.1. The quantitative estimate of drug-likeness (QED) is 0.887. The lowest BCUT2D eigenvalue weighted by atomic mass is 10.1. The van der Waals surface area contributed by atoms with Crippen molar-refractivity contribution in [1.82, 2.24) is 5.32 Å². The van der Waals surface area contributed by atoms with Gasteiger partial charge in [0.05, 0.1) is 11.6 Å². The van der Waals surface area contributed by atoms with Gasteiger partial charge in [-0.05, 0) is 42.5 Å². The highest BCUT2D eigenvalue weighted by Crippen LogP contribution is 2.31. The third-order valence-corrected chi connectivity index (χ3v) is 3.87. The minimum Gasteiger partial charge on any atom is -0.345 e. The van der Waals surface area contributed by atoms with Crippen LogP contribution in [-0.4, -0.2) is 5.91 Å². The van der Waals surface area contributed by atoms with Crippen LogP contribution < -0.4 is 5.32 Å². The van der Waals surface area contributed by atoms with Crippen molar-refractivity contribution in [1.29, 1.82) is 0 Å². The normalized spacial score (nSPS) is 16.8. The van der Waals surface area contributed by atoms with E-state index in [-0.39, 0.29) is 17.5 Å². The van der Waals surface area contributed by atoms with Crippen molar-refractivity contribution in [2.24, 2.45) is 0 Å². The first-order valence-corrected chi connectivity index (χ1v) is 6.80. The summed E-state index contributed by atoms with van der Waals surface area (Å²) in [5.74, 6) is -0.774. The minimum absolute atomic E-state index is 0.0152. The molecule has 3 rings (SSSR count). The van der Waals surface area contributed by atoms with E-state index >= 15 is 0 Å². The molecule has 2 aromatic carbocycles. The monoisotopic (exact) mass is 269 g/mol. The maximum absolute atomic E-state index is 14.0. The zero-order chi connectivity index (χ0) is 14.1. The van der Waals surface area contributed by atoms with Crippen molar-refractivity contribution < 1.29 is 9.18 Å². The number of rotatable bonds is 2. The Hall–Kier alpha value is -2.16. The number of hydrogen-bond donors (Lipinski definition) is 1. The molecule has 1 aliphatic carbocycles. The van der Waals surface area contributed by atoms with Crippen molar-refractivity contribution in [2.45, 2.75) is 25.8 Å². The van der Waals surface area contributed by atoms with Gasteiger partial charge in [0.2, 0.25) is 0 Å². The lowest BCUT2D eigenvalue weighted by molar-refractivity contribution is 0.0932. The molecule has 20 heavy (non-hydrogen) atoms. The molecule has 0 heterocycles. The van der Waals surface area contributed by atoms with E-state index in [9.17, 15) is 9.18 Å². The van der Waals surface area contributed by atoms with Gasteiger partial charge in [0.15, 0.2) is 0 Å². The van der Waals surface area contributed by atoms with E-state index in [1.54, 1.807) is 19.1 Å². The Balaban J connectivity index is 1.83. The summed E-state index contributed by atoms with van der Waals surface area (Å²) in [4.78, 5) is 12.2. The van der Waals surface area contributed by atoms with Crippen molar-refractivity contribution in [3.63, 3.8) is 0 Å². The average molecular weight is 269 g/mol. The Kier molecular flexibility index (Phi) is 3.26. The molecule has 1 N–H and O–H groups in total. The standard InChI is InChI=1S/C17H16FNO/c1-11-5-4-8-14(16(11)18)17(20)19-15-10-9-12-6-2-3-7-13(12)15/h2-8,15H,9-10H2,1H3,(H,19,20). The van der Waals surface area contributed by atoms with Crippen LogP contribution in [0.3, 0.4) is 0 Å². The van der Waals surface area contributed by atoms with Crippen LogP contribution in [0.4, 0.5) is 4.39 Å². The second-order valence-electron chi connectivity index (χ2n) is 5.20. The van der Waals surface area contributed by atoms with Crippen LogP contribution in [0.5, 0.6) is 0 Å².